The molecule has 0 spiro atoms. The number of aromatic nitrogens is 1. The van der Waals surface area contributed by atoms with Gasteiger partial charge in [-0.2, -0.15) is 0 Å². The van der Waals surface area contributed by atoms with E-state index in [9.17, 15) is 4.79 Å². The van der Waals surface area contributed by atoms with E-state index in [-0.39, 0.29) is 5.91 Å². The van der Waals surface area contributed by atoms with Crippen molar-refractivity contribution in [2.75, 3.05) is 12.3 Å². The van der Waals surface area contributed by atoms with E-state index in [1.807, 2.05) is 6.92 Å². The molecule has 118 valence electrons. The number of aryl methyl sites for hydroxylation is 1. The van der Waals surface area contributed by atoms with Gasteiger partial charge in [0.1, 0.15) is 9.88 Å². The number of thioether (sulfide) groups is 1. The average molecular weight is 328 g/mol. The van der Waals surface area contributed by atoms with Crippen molar-refractivity contribution in [3.05, 3.63) is 11.1 Å². The van der Waals surface area contributed by atoms with Gasteiger partial charge in [0.25, 0.3) is 0 Å². The highest BCUT2D eigenvalue weighted by Gasteiger charge is 2.46. The number of rotatable bonds is 8. The van der Waals surface area contributed by atoms with E-state index in [4.69, 9.17) is 5.73 Å². The van der Waals surface area contributed by atoms with Gasteiger partial charge in [-0.15, -0.1) is 11.3 Å². The Morgan fingerprint density at radius 1 is 1.67 bits per heavy atom. The normalized spacial score (nSPS) is 25.3. The van der Waals surface area contributed by atoms with Gasteiger partial charge in [-0.05, 0) is 45.1 Å². The van der Waals surface area contributed by atoms with Gasteiger partial charge in [0.2, 0.25) is 5.91 Å². The van der Waals surface area contributed by atoms with Gasteiger partial charge in [-0.3, -0.25) is 4.79 Å². The topological polar surface area (TPSA) is 68.0 Å². The van der Waals surface area contributed by atoms with Crippen molar-refractivity contribution in [2.24, 2.45) is 11.7 Å². The summed E-state index contributed by atoms with van der Waals surface area (Å²) in [5.41, 5.74) is 6.34. The molecule has 0 saturated heterocycles. The van der Waals surface area contributed by atoms with Crippen LogP contribution >= 0.6 is 23.1 Å². The van der Waals surface area contributed by atoms with Crippen molar-refractivity contribution in [3.8, 4) is 0 Å². The lowest BCUT2D eigenvalue weighted by Gasteiger charge is -2.33. The van der Waals surface area contributed by atoms with Gasteiger partial charge in [0.15, 0.2) is 0 Å². The number of primary amides is 1. The van der Waals surface area contributed by atoms with E-state index < -0.39 is 5.54 Å². The summed E-state index contributed by atoms with van der Waals surface area (Å²) in [6.45, 7) is 4.99. The van der Waals surface area contributed by atoms with Crippen LogP contribution in [0.5, 0.6) is 0 Å². The monoisotopic (exact) mass is 327 g/mol. The second kappa shape index (κ2) is 7.61. The SMILES string of the molecule is CCCNC1(C(N)=O)CCCC1CCSc1nc(C)cs1. The second-order valence-electron chi connectivity index (χ2n) is 5.74. The fraction of sp³-hybridized carbons (Fsp3) is 0.733. The summed E-state index contributed by atoms with van der Waals surface area (Å²) in [5.74, 6) is 1.18. The molecule has 1 amide bonds. The first kappa shape index (κ1) is 16.8. The Morgan fingerprint density at radius 3 is 3.10 bits per heavy atom. The fourth-order valence-corrected chi connectivity index (χ4v) is 5.12. The summed E-state index contributed by atoms with van der Waals surface area (Å²) in [7, 11) is 0. The predicted molar refractivity (Wildman–Crippen MR) is 89.8 cm³/mol. The molecule has 2 atom stereocenters. The lowest BCUT2D eigenvalue weighted by Crippen LogP contribution is -2.58. The zero-order chi connectivity index (χ0) is 15.3. The zero-order valence-electron chi connectivity index (χ0n) is 12.9. The molecule has 0 aliphatic heterocycles. The molecule has 1 fully saturated rings. The minimum atomic E-state index is -0.477. The Hall–Kier alpha value is -0.590. The van der Waals surface area contributed by atoms with Crippen LogP contribution in [0.3, 0.4) is 0 Å². The largest absolute Gasteiger partial charge is 0.368 e. The summed E-state index contributed by atoms with van der Waals surface area (Å²) in [4.78, 5) is 16.5. The van der Waals surface area contributed by atoms with E-state index in [1.54, 1.807) is 23.1 Å². The molecule has 1 aliphatic rings. The lowest BCUT2D eigenvalue weighted by molar-refractivity contribution is -0.126. The van der Waals surface area contributed by atoms with Crippen molar-refractivity contribution in [2.45, 2.75) is 55.8 Å². The Kier molecular flexibility index (Phi) is 6.08. The molecule has 2 rings (SSSR count). The molecule has 6 heteroatoms. The maximum absolute atomic E-state index is 12.0. The molecular formula is C15H25N3OS2. The highest BCUT2D eigenvalue weighted by Crippen LogP contribution is 2.39. The number of carbonyl (C=O) groups excluding carboxylic acids is 1. The van der Waals surface area contributed by atoms with Gasteiger partial charge < -0.3 is 11.1 Å². The lowest BCUT2D eigenvalue weighted by atomic mass is 9.84. The number of nitrogens with zero attached hydrogens (tertiary/aromatic N) is 1. The second-order valence-corrected chi connectivity index (χ2v) is 7.94. The van der Waals surface area contributed by atoms with Gasteiger partial charge in [0.05, 0.1) is 0 Å². The molecule has 0 radical (unpaired) electrons. The Labute approximate surface area is 135 Å². The van der Waals surface area contributed by atoms with Crippen LogP contribution in [0.15, 0.2) is 9.72 Å². The zero-order valence-corrected chi connectivity index (χ0v) is 14.5. The maximum atomic E-state index is 12.0. The molecule has 4 nitrogen and oxygen atoms in total. The number of carbonyl (C=O) groups is 1. The molecule has 1 aromatic heterocycles. The van der Waals surface area contributed by atoms with Gasteiger partial charge in [-0.25, -0.2) is 4.98 Å². The first-order valence-corrected chi connectivity index (χ1v) is 9.55. The van der Waals surface area contributed by atoms with Crippen molar-refractivity contribution in [1.82, 2.24) is 10.3 Å². The first-order chi connectivity index (χ1) is 10.1. The minimum absolute atomic E-state index is 0.173. The standard InChI is InChI=1S/C15H25N3OS2/c1-3-8-17-15(13(16)19)7-4-5-12(15)6-9-20-14-18-11(2)10-21-14/h10,12,17H,3-9H2,1-2H3,(H2,16,19). The summed E-state index contributed by atoms with van der Waals surface area (Å²) in [6, 6.07) is 0. The van der Waals surface area contributed by atoms with Crippen LogP contribution in [0.2, 0.25) is 0 Å². The average Bonchev–Trinajstić information content (AvgIpc) is 3.04. The summed E-state index contributed by atoms with van der Waals surface area (Å²) in [6.07, 6.45) is 5.11. The van der Waals surface area contributed by atoms with Gasteiger partial charge in [-0.1, -0.05) is 25.1 Å². The van der Waals surface area contributed by atoms with Gasteiger partial charge >= 0.3 is 0 Å². The van der Waals surface area contributed by atoms with Crippen LogP contribution in [-0.4, -0.2) is 28.7 Å². The Bertz CT molecular complexity index is 477. The molecule has 1 aromatic rings. The van der Waals surface area contributed by atoms with E-state index in [1.165, 1.54) is 0 Å². The number of thiazole rings is 1. The first-order valence-electron chi connectivity index (χ1n) is 7.68. The van der Waals surface area contributed by atoms with Crippen molar-refractivity contribution < 1.29 is 4.79 Å². The third-order valence-electron chi connectivity index (χ3n) is 4.24. The van der Waals surface area contributed by atoms with Crippen molar-refractivity contribution in [3.63, 3.8) is 0 Å². The van der Waals surface area contributed by atoms with Crippen LogP contribution in [0.4, 0.5) is 0 Å². The van der Waals surface area contributed by atoms with Crippen molar-refractivity contribution in [1.29, 1.82) is 0 Å². The molecule has 3 N–H and O–H groups in total. The highest BCUT2D eigenvalue weighted by atomic mass is 32.2. The fourth-order valence-electron chi connectivity index (χ4n) is 3.15. The number of nitrogens with one attached hydrogen (secondary N) is 1. The number of amides is 1. The highest BCUT2D eigenvalue weighted by molar-refractivity contribution is 8.01. The predicted octanol–water partition coefficient (Wildman–Crippen LogP) is 2.96. The number of hydrogen-bond acceptors (Lipinski definition) is 5. The number of nitrogens with two attached hydrogens (primary N) is 1. The maximum Gasteiger partial charge on any atom is 0.238 e. The molecule has 21 heavy (non-hydrogen) atoms. The molecule has 0 bridgehead atoms. The van der Waals surface area contributed by atoms with E-state index in [0.29, 0.717) is 5.92 Å². The molecule has 2 unspecified atom stereocenters. The third-order valence-corrected chi connectivity index (χ3v) is 6.41. The summed E-state index contributed by atoms with van der Waals surface area (Å²) in [5, 5.41) is 5.53. The smallest absolute Gasteiger partial charge is 0.238 e. The summed E-state index contributed by atoms with van der Waals surface area (Å²) >= 11 is 3.49. The molecule has 1 aliphatic carbocycles. The van der Waals surface area contributed by atoms with Gasteiger partial charge in [0, 0.05) is 16.8 Å². The van der Waals surface area contributed by atoms with E-state index >= 15 is 0 Å². The molecule has 0 aromatic carbocycles. The van der Waals surface area contributed by atoms with Crippen LogP contribution in [0.25, 0.3) is 0 Å². The Balaban J connectivity index is 1.91. The minimum Gasteiger partial charge on any atom is -0.368 e. The quantitative estimate of drug-likeness (QED) is 0.720. The third kappa shape index (κ3) is 3.99. The molecule has 1 heterocycles. The van der Waals surface area contributed by atoms with Crippen LogP contribution in [-0.2, 0) is 4.79 Å². The molecular weight excluding hydrogens is 302 g/mol. The van der Waals surface area contributed by atoms with Crippen LogP contribution in [0.1, 0.15) is 44.7 Å². The van der Waals surface area contributed by atoms with Crippen molar-refractivity contribution >= 4 is 29.0 Å². The summed E-state index contributed by atoms with van der Waals surface area (Å²) < 4.78 is 1.12. The van der Waals surface area contributed by atoms with E-state index in [0.717, 1.165) is 54.4 Å². The van der Waals surface area contributed by atoms with Crippen LogP contribution < -0.4 is 11.1 Å². The van der Waals surface area contributed by atoms with E-state index in [2.05, 4.69) is 22.6 Å². The number of hydrogen-bond donors (Lipinski definition) is 2. The van der Waals surface area contributed by atoms with Crippen LogP contribution in [0, 0.1) is 12.8 Å². The molecule has 1 saturated carbocycles. The Morgan fingerprint density at radius 2 is 2.48 bits per heavy atom.